The number of nitrogens with zero attached hydrogens (tertiary/aromatic N) is 4. The van der Waals surface area contributed by atoms with Crippen LogP contribution in [0.1, 0.15) is 11.5 Å². The summed E-state index contributed by atoms with van der Waals surface area (Å²) in [4.78, 5) is 4.00. The minimum Gasteiger partial charge on any atom is -0.378 e. The van der Waals surface area contributed by atoms with Gasteiger partial charge in [0.05, 0.1) is 18.9 Å². The number of piperazine rings is 1. The number of benzene rings is 1. The van der Waals surface area contributed by atoms with E-state index in [1.165, 1.54) is 10.4 Å². The van der Waals surface area contributed by atoms with Crippen LogP contribution in [0, 0.1) is 12.7 Å². The molecule has 0 amide bonds. The second-order valence-electron chi connectivity index (χ2n) is 7.27. The molecule has 2 aliphatic heterocycles. The number of sulfonamides is 1. The fourth-order valence-corrected chi connectivity index (χ4v) is 5.38. The number of morpholine rings is 1. The van der Waals surface area contributed by atoms with Crippen LogP contribution in [0.3, 0.4) is 0 Å². The van der Waals surface area contributed by atoms with Gasteiger partial charge in [0.15, 0.2) is 10.7 Å². The Kier molecular flexibility index (Phi) is 6.07. The van der Waals surface area contributed by atoms with E-state index < -0.39 is 10.0 Å². The van der Waals surface area contributed by atoms with Crippen LogP contribution in [0.5, 0.6) is 0 Å². The van der Waals surface area contributed by atoms with Crippen molar-refractivity contribution in [3.8, 4) is 0 Å². The van der Waals surface area contributed by atoms with Gasteiger partial charge in [0, 0.05) is 51.5 Å². The summed E-state index contributed by atoms with van der Waals surface area (Å²) in [6, 6.07) is 6.53. The van der Waals surface area contributed by atoms with Crippen LogP contribution in [0.15, 0.2) is 39.9 Å². The predicted octanol–water partition coefficient (Wildman–Crippen LogP) is 1.94. The molecule has 0 N–H and O–H groups in total. The number of ether oxygens (including phenoxy) is 1. The molecular formula is C20H25FN4O4S. The Labute approximate surface area is 175 Å². The molecule has 0 spiro atoms. The summed E-state index contributed by atoms with van der Waals surface area (Å²) in [6.45, 7) is 5.70. The van der Waals surface area contributed by atoms with Gasteiger partial charge in [-0.3, -0.25) is 0 Å². The molecule has 0 bridgehead atoms. The van der Waals surface area contributed by atoms with E-state index in [2.05, 4.69) is 5.16 Å². The first-order valence-electron chi connectivity index (χ1n) is 9.93. The highest BCUT2D eigenvalue weighted by Gasteiger charge is 2.34. The Morgan fingerprint density at radius 2 is 1.77 bits per heavy atom. The Hall–Kier alpha value is -2.43. The third kappa shape index (κ3) is 4.21. The molecule has 4 rings (SSSR count). The van der Waals surface area contributed by atoms with E-state index in [0.29, 0.717) is 37.7 Å². The van der Waals surface area contributed by atoms with E-state index in [1.54, 1.807) is 31.2 Å². The van der Waals surface area contributed by atoms with E-state index >= 15 is 0 Å². The molecule has 0 radical (unpaired) electrons. The van der Waals surface area contributed by atoms with Gasteiger partial charge in [-0.05, 0) is 19.1 Å². The monoisotopic (exact) mass is 436 g/mol. The molecule has 0 unspecified atom stereocenters. The van der Waals surface area contributed by atoms with Crippen molar-refractivity contribution < 1.29 is 22.1 Å². The zero-order valence-corrected chi connectivity index (χ0v) is 17.6. The van der Waals surface area contributed by atoms with E-state index in [4.69, 9.17) is 9.26 Å². The van der Waals surface area contributed by atoms with Gasteiger partial charge in [-0.25, -0.2) is 12.8 Å². The van der Waals surface area contributed by atoms with Crippen LogP contribution in [-0.2, 0) is 14.8 Å². The lowest BCUT2D eigenvalue weighted by atomic mass is 10.2. The van der Waals surface area contributed by atoms with Crippen LogP contribution in [0.4, 0.5) is 10.1 Å². The fraction of sp³-hybridized carbons (Fsp3) is 0.450. The quantitative estimate of drug-likeness (QED) is 0.709. The highest BCUT2D eigenvalue weighted by Crippen LogP contribution is 2.27. The average Bonchev–Trinajstić information content (AvgIpc) is 3.15. The van der Waals surface area contributed by atoms with Gasteiger partial charge in [0.1, 0.15) is 11.5 Å². The lowest BCUT2D eigenvalue weighted by molar-refractivity contribution is 0.0597. The van der Waals surface area contributed by atoms with Crippen molar-refractivity contribution in [2.75, 3.05) is 57.4 Å². The highest BCUT2D eigenvalue weighted by molar-refractivity contribution is 7.89. The topological polar surface area (TPSA) is 79.1 Å². The Bertz CT molecular complexity index is 1010. The van der Waals surface area contributed by atoms with Crippen molar-refractivity contribution in [1.82, 2.24) is 14.4 Å². The standard InChI is InChI=1S/C20H25FN4O4S/c1-16-20(19(29-22-16)6-7-23-12-14-28-15-13-23)30(26,27)25-10-8-24(9-11-25)18-5-3-2-4-17(18)21/h2-7H,8-15H2,1H3. The maximum absolute atomic E-state index is 14.1. The van der Waals surface area contributed by atoms with E-state index in [-0.39, 0.29) is 29.6 Å². The summed E-state index contributed by atoms with van der Waals surface area (Å²) in [6.07, 6.45) is 3.46. The van der Waals surface area contributed by atoms with E-state index in [9.17, 15) is 12.8 Å². The van der Waals surface area contributed by atoms with Crippen molar-refractivity contribution in [3.63, 3.8) is 0 Å². The van der Waals surface area contributed by atoms with Crippen molar-refractivity contribution >= 4 is 21.8 Å². The molecule has 1 aromatic carbocycles. The average molecular weight is 437 g/mol. The lowest BCUT2D eigenvalue weighted by Gasteiger charge is -2.35. The summed E-state index contributed by atoms with van der Waals surface area (Å²) in [5.41, 5.74) is 0.818. The third-order valence-electron chi connectivity index (χ3n) is 5.35. The number of aromatic nitrogens is 1. The molecule has 3 heterocycles. The Morgan fingerprint density at radius 3 is 2.47 bits per heavy atom. The smallest absolute Gasteiger partial charge is 0.248 e. The Morgan fingerprint density at radius 1 is 1.07 bits per heavy atom. The molecule has 2 fully saturated rings. The zero-order valence-electron chi connectivity index (χ0n) is 16.8. The third-order valence-corrected chi connectivity index (χ3v) is 7.40. The molecular weight excluding hydrogens is 411 g/mol. The minimum atomic E-state index is -3.79. The largest absolute Gasteiger partial charge is 0.378 e. The van der Waals surface area contributed by atoms with Gasteiger partial charge >= 0.3 is 0 Å². The number of aryl methyl sites for hydroxylation is 1. The molecule has 10 heteroatoms. The molecule has 2 aromatic rings. The first kappa shape index (κ1) is 20.8. The number of rotatable bonds is 5. The molecule has 8 nitrogen and oxygen atoms in total. The van der Waals surface area contributed by atoms with Gasteiger partial charge < -0.3 is 19.1 Å². The van der Waals surface area contributed by atoms with Crippen LogP contribution in [0.25, 0.3) is 6.08 Å². The Balaban J connectivity index is 1.50. The molecule has 0 atom stereocenters. The second kappa shape index (κ2) is 8.75. The summed E-state index contributed by atoms with van der Waals surface area (Å²) >= 11 is 0. The summed E-state index contributed by atoms with van der Waals surface area (Å²) in [5, 5.41) is 3.88. The van der Waals surface area contributed by atoms with Crippen LogP contribution in [-0.4, -0.2) is 75.3 Å². The summed E-state index contributed by atoms with van der Waals surface area (Å²) < 4.78 is 52.7. The molecule has 0 saturated carbocycles. The number of hydrogen-bond donors (Lipinski definition) is 0. The molecule has 2 saturated heterocycles. The number of hydrogen-bond acceptors (Lipinski definition) is 7. The second-order valence-corrected chi connectivity index (χ2v) is 9.14. The maximum Gasteiger partial charge on any atom is 0.248 e. The first-order valence-corrected chi connectivity index (χ1v) is 11.4. The molecule has 1 aromatic heterocycles. The number of anilines is 1. The lowest BCUT2D eigenvalue weighted by Crippen LogP contribution is -2.49. The summed E-state index contributed by atoms with van der Waals surface area (Å²) in [5.74, 6) is -0.0882. The molecule has 0 aliphatic carbocycles. The SMILES string of the molecule is Cc1noc(C=CN2CCOCC2)c1S(=O)(=O)N1CCN(c2ccccc2F)CC1. The van der Waals surface area contributed by atoms with Crippen LogP contribution in [0.2, 0.25) is 0 Å². The highest BCUT2D eigenvalue weighted by atomic mass is 32.2. The molecule has 2 aliphatic rings. The molecule has 30 heavy (non-hydrogen) atoms. The normalized spacial score (nSPS) is 19.0. The van der Waals surface area contributed by atoms with Crippen molar-refractivity contribution in [2.45, 2.75) is 11.8 Å². The first-order chi connectivity index (χ1) is 14.5. The van der Waals surface area contributed by atoms with E-state index in [0.717, 1.165) is 13.1 Å². The van der Waals surface area contributed by atoms with Crippen LogP contribution >= 0.6 is 0 Å². The fourth-order valence-electron chi connectivity index (χ4n) is 3.71. The number of halogens is 1. The predicted molar refractivity (Wildman–Crippen MR) is 110 cm³/mol. The maximum atomic E-state index is 14.1. The van der Waals surface area contributed by atoms with Gasteiger partial charge in [0.2, 0.25) is 10.0 Å². The van der Waals surface area contributed by atoms with Gasteiger partial charge in [0.25, 0.3) is 0 Å². The van der Waals surface area contributed by atoms with Crippen molar-refractivity contribution in [3.05, 3.63) is 47.7 Å². The van der Waals surface area contributed by atoms with E-state index in [1.807, 2.05) is 16.0 Å². The van der Waals surface area contributed by atoms with Crippen molar-refractivity contribution in [1.29, 1.82) is 0 Å². The van der Waals surface area contributed by atoms with Crippen LogP contribution < -0.4 is 4.90 Å². The molecule has 162 valence electrons. The van der Waals surface area contributed by atoms with Crippen molar-refractivity contribution in [2.24, 2.45) is 0 Å². The zero-order chi connectivity index (χ0) is 21.1. The van der Waals surface area contributed by atoms with Gasteiger partial charge in [-0.2, -0.15) is 4.31 Å². The van der Waals surface area contributed by atoms with Gasteiger partial charge in [-0.1, -0.05) is 17.3 Å². The van der Waals surface area contributed by atoms with Gasteiger partial charge in [-0.15, -0.1) is 0 Å². The minimum absolute atomic E-state index is 0.0892. The summed E-state index contributed by atoms with van der Waals surface area (Å²) in [7, 11) is -3.79. The number of para-hydroxylation sites is 1.